The Kier molecular flexibility index (Phi) is 1.75. The molecule has 2 nitrogen and oxygen atoms in total. The van der Waals surface area contributed by atoms with Crippen LogP contribution in [0.1, 0.15) is 6.42 Å². The molecule has 0 radical (unpaired) electrons. The molecule has 2 N–H and O–H groups in total. The summed E-state index contributed by atoms with van der Waals surface area (Å²) in [4.78, 5) is 3.50. The van der Waals surface area contributed by atoms with Gasteiger partial charge >= 0.3 is 6.18 Å². The van der Waals surface area contributed by atoms with Crippen LogP contribution in [0.15, 0.2) is 17.3 Å². The summed E-state index contributed by atoms with van der Waals surface area (Å²) in [5.41, 5.74) is 2.82. The Labute approximate surface area is 61.6 Å². The maximum atomic E-state index is 12.1. The lowest BCUT2D eigenvalue weighted by Crippen LogP contribution is -2.52. The van der Waals surface area contributed by atoms with Gasteiger partial charge in [0.15, 0.2) is 0 Å². The van der Waals surface area contributed by atoms with Crippen LogP contribution in [0.4, 0.5) is 13.2 Å². The van der Waals surface area contributed by atoms with Crippen molar-refractivity contribution in [1.29, 1.82) is 0 Å². The summed E-state index contributed by atoms with van der Waals surface area (Å²) in [6.07, 6.45) is -1.58. The molecule has 1 rings (SSSR count). The van der Waals surface area contributed by atoms with Crippen molar-refractivity contribution in [3.63, 3.8) is 0 Å². The highest BCUT2D eigenvalue weighted by Crippen LogP contribution is 2.32. The zero-order valence-electron chi connectivity index (χ0n) is 5.60. The molecule has 0 fully saturated rings. The Morgan fingerprint density at radius 2 is 2.09 bits per heavy atom. The fraction of sp³-hybridized carbons (Fsp3) is 0.500. The largest absolute Gasteiger partial charge is 0.410 e. The molecular weight excluding hydrogens is 157 g/mol. The van der Waals surface area contributed by atoms with Crippen LogP contribution in [0, 0.1) is 0 Å². The van der Waals surface area contributed by atoms with Gasteiger partial charge in [-0.15, -0.1) is 0 Å². The van der Waals surface area contributed by atoms with Crippen molar-refractivity contribution in [1.82, 2.24) is 0 Å². The van der Waals surface area contributed by atoms with Gasteiger partial charge in [-0.05, 0) is 6.08 Å². The number of halogens is 3. The normalized spacial score (nSPS) is 30.9. The van der Waals surface area contributed by atoms with Gasteiger partial charge in [0, 0.05) is 18.8 Å². The van der Waals surface area contributed by atoms with E-state index in [1.807, 2.05) is 0 Å². The van der Waals surface area contributed by atoms with Crippen molar-refractivity contribution >= 4 is 6.21 Å². The molecular formula is C6H7F3N2. The van der Waals surface area contributed by atoms with Crippen molar-refractivity contribution < 1.29 is 13.2 Å². The highest BCUT2D eigenvalue weighted by atomic mass is 19.4. The number of hydrogen-bond donors (Lipinski definition) is 1. The fourth-order valence-corrected chi connectivity index (χ4v) is 0.719. The quantitative estimate of drug-likeness (QED) is 0.574. The van der Waals surface area contributed by atoms with Crippen LogP contribution >= 0.6 is 0 Å². The molecule has 5 heteroatoms. The molecule has 11 heavy (non-hydrogen) atoms. The number of nitrogens with two attached hydrogens (primary N) is 1. The third kappa shape index (κ3) is 1.42. The average Bonchev–Trinajstić information content (AvgIpc) is 1.87. The van der Waals surface area contributed by atoms with E-state index in [0.717, 1.165) is 18.5 Å². The predicted octanol–water partition coefficient (Wildman–Crippen LogP) is 1.23. The summed E-state index contributed by atoms with van der Waals surface area (Å²) in [5, 5.41) is 0. The van der Waals surface area contributed by atoms with Crippen LogP contribution in [0.5, 0.6) is 0 Å². The molecule has 0 saturated heterocycles. The molecule has 1 atom stereocenters. The van der Waals surface area contributed by atoms with Gasteiger partial charge in [-0.1, -0.05) is 0 Å². The Bertz CT molecular complexity index is 206. The maximum Gasteiger partial charge on any atom is 0.410 e. The number of aliphatic imine (C=N–C) groups is 1. The molecule has 1 aliphatic rings. The van der Waals surface area contributed by atoms with E-state index < -0.39 is 11.7 Å². The average molecular weight is 164 g/mol. The lowest BCUT2D eigenvalue weighted by molar-refractivity contribution is -0.169. The van der Waals surface area contributed by atoms with Crippen molar-refractivity contribution in [2.24, 2.45) is 10.7 Å². The Balaban J connectivity index is 2.84. The molecule has 0 amide bonds. The first-order chi connectivity index (χ1) is 4.96. The molecule has 0 aromatic carbocycles. The van der Waals surface area contributed by atoms with Crippen LogP contribution in [-0.2, 0) is 0 Å². The van der Waals surface area contributed by atoms with Gasteiger partial charge in [-0.25, -0.2) is 0 Å². The Morgan fingerprint density at radius 3 is 2.36 bits per heavy atom. The van der Waals surface area contributed by atoms with E-state index in [9.17, 15) is 13.2 Å². The first-order valence-electron chi connectivity index (χ1n) is 3.01. The van der Waals surface area contributed by atoms with Crippen molar-refractivity contribution in [2.75, 3.05) is 0 Å². The van der Waals surface area contributed by atoms with Crippen molar-refractivity contribution in [3.8, 4) is 0 Å². The lowest BCUT2D eigenvalue weighted by atomic mass is 9.95. The third-order valence-electron chi connectivity index (χ3n) is 1.52. The van der Waals surface area contributed by atoms with Crippen LogP contribution < -0.4 is 5.73 Å². The minimum Gasteiger partial charge on any atom is -0.314 e. The molecule has 0 saturated carbocycles. The van der Waals surface area contributed by atoms with E-state index in [0.29, 0.717) is 0 Å². The summed E-state index contributed by atoms with van der Waals surface area (Å²) >= 11 is 0. The maximum absolute atomic E-state index is 12.1. The summed E-state index contributed by atoms with van der Waals surface area (Å²) in [7, 11) is 0. The van der Waals surface area contributed by atoms with Gasteiger partial charge in [-0.2, -0.15) is 13.2 Å². The Morgan fingerprint density at radius 1 is 1.45 bits per heavy atom. The fourth-order valence-electron chi connectivity index (χ4n) is 0.719. The van der Waals surface area contributed by atoms with Gasteiger partial charge in [0.05, 0.1) is 0 Å². The zero-order chi connectivity index (χ0) is 8.54. The van der Waals surface area contributed by atoms with Crippen molar-refractivity contribution in [2.45, 2.75) is 18.1 Å². The summed E-state index contributed by atoms with van der Waals surface area (Å²) < 4.78 is 36.3. The second kappa shape index (κ2) is 2.34. The predicted molar refractivity (Wildman–Crippen MR) is 35.2 cm³/mol. The van der Waals surface area contributed by atoms with Crippen molar-refractivity contribution in [3.05, 3.63) is 12.3 Å². The first kappa shape index (κ1) is 8.26. The second-order valence-corrected chi connectivity index (χ2v) is 2.39. The summed E-state index contributed by atoms with van der Waals surface area (Å²) in [5.74, 6) is 0. The summed E-state index contributed by atoms with van der Waals surface area (Å²) in [6, 6.07) is 0. The van der Waals surface area contributed by atoms with E-state index in [2.05, 4.69) is 4.99 Å². The smallest absolute Gasteiger partial charge is 0.314 e. The van der Waals surface area contributed by atoms with Crippen LogP contribution in [0.25, 0.3) is 0 Å². The van der Waals surface area contributed by atoms with Crippen LogP contribution in [0.2, 0.25) is 0 Å². The van der Waals surface area contributed by atoms with Crippen LogP contribution in [-0.4, -0.2) is 17.9 Å². The number of hydrogen-bond acceptors (Lipinski definition) is 2. The van der Waals surface area contributed by atoms with Gasteiger partial charge < -0.3 is 5.73 Å². The summed E-state index contributed by atoms with van der Waals surface area (Å²) in [6.45, 7) is 0. The highest BCUT2D eigenvalue weighted by molar-refractivity contribution is 5.62. The standard InChI is InChI=1S/C6H7F3N2/c7-6(8,9)5(10)1-3-11-4-2-5/h1,3-4H,2,10H2. The molecule has 0 aromatic rings. The molecule has 0 spiro atoms. The molecule has 62 valence electrons. The Hall–Kier alpha value is -0.840. The lowest BCUT2D eigenvalue weighted by Gasteiger charge is -2.28. The highest BCUT2D eigenvalue weighted by Gasteiger charge is 2.49. The first-order valence-corrected chi connectivity index (χ1v) is 3.01. The molecule has 1 unspecified atom stereocenters. The zero-order valence-corrected chi connectivity index (χ0v) is 5.60. The topological polar surface area (TPSA) is 38.4 Å². The van der Waals surface area contributed by atoms with Crippen LogP contribution in [0.3, 0.4) is 0 Å². The minimum absolute atomic E-state index is 0.285. The molecule has 0 bridgehead atoms. The number of alkyl halides is 3. The van der Waals surface area contributed by atoms with E-state index in [4.69, 9.17) is 5.73 Å². The number of rotatable bonds is 0. The molecule has 0 aliphatic carbocycles. The van der Waals surface area contributed by atoms with Gasteiger partial charge in [-0.3, -0.25) is 4.99 Å². The van der Waals surface area contributed by atoms with Gasteiger partial charge in [0.1, 0.15) is 5.54 Å². The molecule has 0 aromatic heterocycles. The van der Waals surface area contributed by atoms with Gasteiger partial charge in [0.25, 0.3) is 0 Å². The molecule has 1 aliphatic heterocycles. The third-order valence-corrected chi connectivity index (χ3v) is 1.52. The van der Waals surface area contributed by atoms with E-state index in [1.54, 1.807) is 0 Å². The van der Waals surface area contributed by atoms with E-state index >= 15 is 0 Å². The minimum atomic E-state index is -4.39. The van der Waals surface area contributed by atoms with E-state index in [1.165, 1.54) is 0 Å². The number of nitrogens with zero attached hydrogens (tertiary/aromatic N) is 1. The SMILES string of the molecule is NC1(C(F)(F)F)C=CN=CC1. The van der Waals surface area contributed by atoms with Gasteiger partial charge in [0.2, 0.25) is 0 Å². The second-order valence-electron chi connectivity index (χ2n) is 2.39. The monoisotopic (exact) mass is 164 g/mol. The van der Waals surface area contributed by atoms with E-state index in [-0.39, 0.29) is 6.42 Å². The molecule has 1 heterocycles.